The quantitative estimate of drug-likeness (QED) is 0.127. The number of ether oxygens (including phenoxy) is 2. The van der Waals surface area contributed by atoms with E-state index in [0.29, 0.717) is 23.4 Å². The molecular formula is C44H60NO5PdS. The molecule has 0 atom stereocenters. The fourth-order valence-corrected chi connectivity index (χ4v) is 8.37. The van der Waals surface area contributed by atoms with E-state index in [4.69, 9.17) is 18.1 Å². The van der Waals surface area contributed by atoms with Gasteiger partial charge in [0.25, 0.3) is 0 Å². The first-order chi connectivity index (χ1) is 24.0. The van der Waals surface area contributed by atoms with Gasteiger partial charge in [-0.05, 0) is 50.8 Å². The molecule has 4 aromatic carbocycles. The number of anilines is 1. The Labute approximate surface area is 323 Å². The van der Waals surface area contributed by atoms with Gasteiger partial charge in [-0.25, -0.2) is 0 Å². The van der Waals surface area contributed by atoms with Gasteiger partial charge in [-0.1, -0.05) is 95.2 Å². The number of rotatable bonds is 10. The number of nitrogens with two attached hydrogens (primary N) is 1. The third-order valence-corrected chi connectivity index (χ3v) is 11.8. The Morgan fingerprint density at radius 3 is 1.63 bits per heavy atom. The minimum atomic E-state index is -3.44. The molecule has 0 aliphatic heterocycles. The molecular weight excluding hydrogens is 761 g/mol. The van der Waals surface area contributed by atoms with Crippen molar-refractivity contribution >= 4 is 19.8 Å². The summed E-state index contributed by atoms with van der Waals surface area (Å²) in [5, 5.41) is 0. The minimum absolute atomic E-state index is 0.112. The van der Waals surface area contributed by atoms with Crippen molar-refractivity contribution in [2.75, 3.05) is 26.2 Å². The topological polar surface area (TPSA) is 87.8 Å². The number of hydrogen-bond donors (Lipinski definition) is 1. The molecule has 1 radical (unpaired) electrons. The second-order valence-corrected chi connectivity index (χ2v) is 19.7. The van der Waals surface area contributed by atoms with Gasteiger partial charge in [0.15, 0.2) is 0 Å². The molecule has 287 valence electrons. The summed E-state index contributed by atoms with van der Waals surface area (Å²) in [4.78, 5) is 0. The van der Waals surface area contributed by atoms with E-state index in [1.807, 2.05) is 48.5 Å². The average molecular weight is 821 g/mol. The fraction of sp³-hybridized carbons (Fsp3) is 0.455. The van der Waals surface area contributed by atoms with Crippen LogP contribution in [0.5, 0.6) is 11.5 Å². The number of nitrogen functional groups attached to an aromatic ring is 1. The van der Waals surface area contributed by atoms with Crippen molar-refractivity contribution in [2.45, 2.75) is 112 Å². The maximum absolute atomic E-state index is 11.1. The van der Waals surface area contributed by atoms with Crippen molar-refractivity contribution in [3.05, 3.63) is 94.5 Å². The third kappa shape index (κ3) is 10.5. The monoisotopic (exact) mass is 820 g/mol. The van der Waals surface area contributed by atoms with Crippen LogP contribution in [0.1, 0.15) is 129 Å². The van der Waals surface area contributed by atoms with Crippen molar-refractivity contribution in [3.8, 4) is 33.8 Å². The van der Waals surface area contributed by atoms with Crippen LogP contribution in [0.15, 0.2) is 60.7 Å². The molecule has 0 unspecified atom stereocenters. The molecule has 0 aromatic heterocycles. The van der Waals surface area contributed by atoms with Crippen LogP contribution in [0.4, 0.5) is 5.69 Å². The van der Waals surface area contributed by atoms with Crippen LogP contribution in [0.3, 0.4) is 0 Å². The van der Waals surface area contributed by atoms with Gasteiger partial charge >= 0.3 is 121 Å². The van der Waals surface area contributed by atoms with E-state index < -0.39 is 28.5 Å². The van der Waals surface area contributed by atoms with Crippen LogP contribution in [0, 0.1) is 6.07 Å². The summed E-state index contributed by atoms with van der Waals surface area (Å²) in [5.74, 6) is 2.97. The molecule has 0 bridgehead atoms. The third-order valence-electron chi connectivity index (χ3n) is 8.75. The van der Waals surface area contributed by atoms with Crippen molar-refractivity contribution in [2.24, 2.45) is 0 Å². The Balaban J connectivity index is 0.000000323. The molecule has 0 heterocycles. The van der Waals surface area contributed by atoms with Crippen molar-refractivity contribution in [1.29, 1.82) is 0 Å². The molecule has 0 aliphatic carbocycles. The number of methoxy groups -OCH3 is 2. The molecule has 0 aliphatic rings. The SMILES string of the molecule is COc1[c]c(-c2c(C(C)C)cc(C(C)C)cc2C(C)C)c(OC)c(C(C)(C)C)c1C(C)(C)C.CS(=O)(=O)[O][Pd][c]1ccccc1-c1ccccc1N. The Morgan fingerprint density at radius 1 is 0.712 bits per heavy atom. The summed E-state index contributed by atoms with van der Waals surface area (Å²) in [5.41, 5.74) is 16.9. The first-order valence-electron chi connectivity index (χ1n) is 17.8. The number of hydrogen-bond acceptors (Lipinski definition) is 6. The standard InChI is InChI=1S/C31H47O2.C12H10N.CH4O3S.Pd/c1-18(2)21-15-22(19(3)4)26(23(16-21)20(5)6)24-17-25(32-13)27(30(7,8)9)28(29(24)33-14)31(10,11)12;13-12-9-5-4-8-11(12)10-6-2-1-3-7-10;1-5(2,3)4;/h15-16,18-20H,1-14H3;1-6,8-9H,13H2;1H3,(H,2,3,4);/q;;;+1/p-1. The zero-order chi connectivity index (χ0) is 39.3. The predicted molar refractivity (Wildman–Crippen MR) is 215 cm³/mol. The van der Waals surface area contributed by atoms with Gasteiger partial charge in [-0.15, -0.1) is 0 Å². The van der Waals surface area contributed by atoms with Crippen LogP contribution in [-0.2, 0) is 42.2 Å². The summed E-state index contributed by atoms with van der Waals surface area (Å²) in [6.07, 6.45) is 1.05. The van der Waals surface area contributed by atoms with E-state index in [9.17, 15) is 8.42 Å². The molecule has 0 amide bonds. The van der Waals surface area contributed by atoms with Gasteiger partial charge in [0.1, 0.15) is 11.5 Å². The molecule has 2 N–H and O–H groups in total. The predicted octanol–water partition coefficient (Wildman–Crippen LogP) is 10.7. The van der Waals surface area contributed by atoms with E-state index in [2.05, 4.69) is 101 Å². The second-order valence-electron chi connectivity index (χ2n) is 16.2. The molecule has 4 aromatic rings. The molecule has 0 fully saturated rings. The number of benzene rings is 4. The first-order valence-corrected chi connectivity index (χ1v) is 21.1. The average Bonchev–Trinajstić information content (AvgIpc) is 3.05. The fourth-order valence-electron chi connectivity index (χ4n) is 6.33. The van der Waals surface area contributed by atoms with Crippen LogP contribution >= 0.6 is 0 Å². The van der Waals surface area contributed by atoms with Crippen LogP contribution in [0.25, 0.3) is 22.3 Å². The Kier molecular flexibility index (Phi) is 14.4. The maximum atomic E-state index is 11.1. The molecule has 8 heteroatoms. The molecule has 0 spiro atoms. The second kappa shape index (κ2) is 17.3. The summed E-state index contributed by atoms with van der Waals surface area (Å²) in [7, 11) is 0.121. The summed E-state index contributed by atoms with van der Waals surface area (Å²) in [6.45, 7) is 27.2. The first kappa shape index (κ1) is 43.3. The molecule has 4 rings (SSSR count). The van der Waals surface area contributed by atoms with Gasteiger partial charge in [0.05, 0.1) is 14.2 Å². The van der Waals surface area contributed by atoms with E-state index in [1.165, 1.54) is 33.4 Å². The molecule has 6 nitrogen and oxygen atoms in total. The van der Waals surface area contributed by atoms with Crippen molar-refractivity contribution in [3.63, 3.8) is 0 Å². The molecule has 52 heavy (non-hydrogen) atoms. The summed E-state index contributed by atoms with van der Waals surface area (Å²) in [6, 6.07) is 23.5. The summed E-state index contributed by atoms with van der Waals surface area (Å²) >= 11 is -0.483. The van der Waals surface area contributed by atoms with Crippen LogP contribution in [-0.4, -0.2) is 28.9 Å². The van der Waals surface area contributed by atoms with E-state index in [0.717, 1.165) is 38.5 Å². The number of para-hydroxylation sites is 1. The Hall–Kier alpha value is -3.15. The van der Waals surface area contributed by atoms with Gasteiger partial charge in [0, 0.05) is 22.8 Å². The van der Waals surface area contributed by atoms with Crippen molar-refractivity contribution < 1.29 is 39.2 Å². The molecule has 0 saturated heterocycles. The van der Waals surface area contributed by atoms with Crippen LogP contribution < -0.4 is 19.2 Å². The molecule has 0 saturated carbocycles. The van der Waals surface area contributed by atoms with Gasteiger partial charge in [-0.3, -0.25) is 0 Å². The van der Waals surface area contributed by atoms with E-state index in [-0.39, 0.29) is 10.8 Å². The van der Waals surface area contributed by atoms with Gasteiger partial charge in [-0.2, -0.15) is 0 Å². The summed E-state index contributed by atoms with van der Waals surface area (Å²) < 4.78 is 40.2. The zero-order valence-electron chi connectivity index (χ0n) is 33.8. The van der Waals surface area contributed by atoms with E-state index in [1.54, 1.807) is 14.2 Å². The van der Waals surface area contributed by atoms with Gasteiger partial charge in [0.2, 0.25) is 0 Å². The van der Waals surface area contributed by atoms with E-state index >= 15 is 0 Å². The van der Waals surface area contributed by atoms with Crippen molar-refractivity contribution in [1.82, 2.24) is 0 Å². The van der Waals surface area contributed by atoms with Crippen LogP contribution in [0.2, 0.25) is 0 Å². The zero-order valence-corrected chi connectivity index (χ0v) is 36.2. The van der Waals surface area contributed by atoms with Gasteiger partial charge < -0.3 is 9.47 Å². The normalized spacial score (nSPS) is 12.3. The Bertz CT molecular complexity index is 1920. The Morgan fingerprint density at radius 2 is 1.21 bits per heavy atom.